The molecule has 1 unspecified atom stereocenters. The molecule has 1 aromatic carbocycles. The van der Waals surface area contributed by atoms with Gasteiger partial charge in [-0.1, -0.05) is 11.6 Å². The summed E-state index contributed by atoms with van der Waals surface area (Å²) >= 11 is 5.98. The van der Waals surface area contributed by atoms with Gasteiger partial charge in [0.1, 0.15) is 6.07 Å². The SMILES string of the molecule is N#Cc1ccc(NCCC2CCCNC2)cc1Cl. The fraction of sp³-hybridized carbons (Fsp3) is 0.500. The summed E-state index contributed by atoms with van der Waals surface area (Å²) in [6.07, 6.45) is 3.78. The molecule has 0 bridgehead atoms. The molecule has 0 saturated carbocycles. The molecule has 2 rings (SSSR count). The first kappa shape index (κ1) is 13.2. The molecule has 0 aliphatic carbocycles. The largest absolute Gasteiger partial charge is 0.385 e. The Morgan fingerprint density at radius 1 is 1.50 bits per heavy atom. The predicted octanol–water partition coefficient (Wildman–Crippen LogP) is 3.01. The van der Waals surface area contributed by atoms with E-state index in [1.54, 1.807) is 6.07 Å². The smallest absolute Gasteiger partial charge is 0.101 e. The van der Waals surface area contributed by atoms with Crippen LogP contribution >= 0.6 is 11.6 Å². The quantitative estimate of drug-likeness (QED) is 0.878. The minimum absolute atomic E-state index is 0.516. The maximum atomic E-state index is 8.79. The molecule has 1 aromatic rings. The molecule has 2 N–H and O–H groups in total. The fourth-order valence-corrected chi connectivity index (χ4v) is 2.53. The molecular weight excluding hydrogens is 246 g/mol. The Kier molecular flexibility index (Phi) is 4.86. The van der Waals surface area contributed by atoms with E-state index >= 15 is 0 Å². The topological polar surface area (TPSA) is 47.9 Å². The Bertz CT molecular complexity index is 433. The second-order valence-corrected chi connectivity index (χ2v) is 5.14. The Morgan fingerprint density at radius 3 is 3.06 bits per heavy atom. The molecule has 1 heterocycles. The monoisotopic (exact) mass is 263 g/mol. The summed E-state index contributed by atoms with van der Waals surface area (Å²) in [4.78, 5) is 0. The molecule has 4 heteroatoms. The van der Waals surface area contributed by atoms with Gasteiger partial charge in [-0.3, -0.25) is 0 Å². The Hall–Kier alpha value is -1.24. The van der Waals surface area contributed by atoms with Gasteiger partial charge in [-0.2, -0.15) is 5.26 Å². The lowest BCUT2D eigenvalue weighted by Gasteiger charge is -2.22. The van der Waals surface area contributed by atoms with Crippen molar-refractivity contribution in [2.45, 2.75) is 19.3 Å². The lowest BCUT2D eigenvalue weighted by Crippen LogP contribution is -2.30. The zero-order valence-electron chi connectivity index (χ0n) is 10.4. The van der Waals surface area contributed by atoms with Gasteiger partial charge in [-0.05, 0) is 56.5 Å². The van der Waals surface area contributed by atoms with Crippen molar-refractivity contribution in [1.82, 2.24) is 5.32 Å². The van der Waals surface area contributed by atoms with Gasteiger partial charge in [0.15, 0.2) is 0 Å². The van der Waals surface area contributed by atoms with Gasteiger partial charge < -0.3 is 10.6 Å². The minimum Gasteiger partial charge on any atom is -0.385 e. The van der Waals surface area contributed by atoms with Crippen molar-refractivity contribution in [3.8, 4) is 6.07 Å². The number of hydrogen-bond acceptors (Lipinski definition) is 3. The van der Waals surface area contributed by atoms with Crippen molar-refractivity contribution in [3.63, 3.8) is 0 Å². The van der Waals surface area contributed by atoms with Gasteiger partial charge >= 0.3 is 0 Å². The highest BCUT2D eigenvalue weighted by Gasteiger charge is 2.12. The van der Waals surface area contributed by atoms with E-state index in [1.165, 1.54) is 19.3 Å². The van der Waals surface area contributed by atoms with E-state index in [0.717, 1.165) is 31.2 Å². The molecule has 0 amide bonds. The Morgan fingerprint density at radius 2 is 2.39 bits per heavy atom. The third-order valence-corrected chi connectivity index (χ3v) is 3.68. The van der Waals surface area contributed by atoms with Gasteiger partial charge in [-0.25, -0.2) is 0 Å². The van der Waals surface area contributed by atoms with Crippen molar-refractivity contribution < 1.29 is 0 Å². The van der Waals surface area contributed by atoms with E-state index in [4.69, 9.17) is 16.9 Å². The third kappa shape index (κ3) is 3.63. The molecule has 96 valence electrons. The van der Waals surface area contributed by atoms with E-state index in [1.807, 2.05) is 12.1 Å². The maximum Gasteiger partial charge on any atom is 0.101 e. The van der Waals surface area contributed by atoms with Gasteiger partial charge in [0.2, 0.25) is 0 Å². The van der Waals surface area contributed by atoms with Crippen LogP contribution in [0.15, 0.2) is 18.2 Å². The van der Waals surface area contributed by atoms with Crippen LogP contribution in [0.5, 0.6) is 0 Å². The van der Waals surface area contributed by atoms with Crippen molar-refractivity contribution in [3.05, 3.63) is 28.8 Å². The van der Waals surface area contributed by atoms with Gasteiger partial charge in [0, 0.05) is 12.2 Å². The normalized spacial score (nSPS) is 19.2. The van der Waals surface area contributed by atoms with Crippen LogP contribution in [0, 0.1) is 17.2 Å². The second kappa shape index (κ2) is 6.63. The number of halogens is 1. The second-order valence-electron chi connectivity index (χ2n) is 4.73. The standard InChI is InChI=1S/C14H18ClN3/c15-14-8-13(4-3-12(14)9-16)18-7-5-11-2-1-6-17-10-11/h3-4,8,11,17-18H,1-2,5-7,10H2. The van der Waals surface area contributed by atoms with Gasteiger partial charge in [0.05, 0.1) is 10.6 Å². The van der Waals surface area contributed by atoms with E-state index < -0.39 is 0 Å². The molecule has 1 fully saturated rings. The number of nitrogens with zero attached hydrogens (tertiary/aromatic N) is 1. The van der Waals surface area contributed by atoms with Crippen LogP contribution in [0.2, 0.25) is 5.02 Å². The van der Waals surface area contributed by atoms with Gasteiger partial charge in [0.25, 0.3) is 0 Å². The summed E-state index contributed by atoms with van der Waals surface area (Å²) in [5.74, 6) is 0.778. The molecule has 0 aromatic heterocycles. The summed E-state index contributed by atoms with van der Waals surface area (Å²) < 4.78 is 0. The highest BCUT2D eigenvalue weighted by Crippen LogP contribution is 2.21. The average Bonchev–Trinajstić information content (AvgIpc) is 2.40. The highest BCUT2D eigenvalue weighted by molar-refractivity contribution is 6.32. The van der Waals surface area contributed by atoms with Crippen LogP contribution in [0.4, 0.5) is 5.69 Å². The average molecular weight is 264 g/mol. The van der Waals surface area contributed by atoms with E-state index in [-0.39, 0.29) is 0 Å². The van der Waals surface area contributed by atoms with Crippen molar-refractivity contribution in [2.75, 3.05) is 25.0 Å². The number of nitrogens with one attached hydrogen (secondary N) is 2. The minimum atomic E-state index is 0.516. The molecule has 1 aliphatic heterocycles. The van der Waals surface area contributed by atoms with Crippen LogP contribution in [-0.2, 0) is 0 Å². The van der Waals surface area contributed by atoms with Crippen molar-refractivity contribution in [2.24, 2.45) is 5.92 Å². The molecule has 1 aliphatic rings. The molecule has 3 nitrogen and oxygen atoms in total. The number of benzene rings is 1. The maximum absolute atomic E-state index is 8.79. The number of nitriles is 1. The number of piperidine rings is 1. The van der Waals surface area contributed by atoms with Gasteiger partial charge in [-0.15, -0.1) is 0 Å². The Labute approximate surface area is 113 Å². The summed E-state index contributed by atoms with van der Waals surface area (Å²) in [5, 5.41) is 16.1. The number of rotatable bonds is 4. The van der Waals surface area contributed by atoms with E-state index in [2.05, 4.69) is 16.7 Å². The first-order chi connectivity index (χ1) is 8.79. The molecule has 1 atom stereocenters. The van der Waals surface area contributed by atoms with Crippen LogP contribution in [0.1, 0.15) is 24.8 Å². The highest BCUT2D eigenvalue weighted by atomic mass is 35.5. The first-order valence-corrected chi connectivity index (χ1v) is 6.81. The van der Waals surface area contributed by atoms with Crippen LogP contribution in [-0.4, -0.2) is 19.6 Å². The Balaban J connectivity index is 1.79. The lowest BCUT2D eigenvalue weighted by atomic mass is 9.96. The van der Waals surface area contributed by atoms with Crippen molar-refractivity contribution in [1.29, 1.82) is 5.26 Å². The molecule has 0 spiro atoms. The zero-order valence-corrected chi connectivity index (χ0v) is 11.1. The zero-order chi connectivity index (χ0) is 12.8. The third-order valence-electron chi connectivity index (χ3n) is 3.37. The van der Waals surface area contributed by atoms with Crippen LogP contribution < -0.4 is 10.6 Å². The molecule has 18 heavy (non-hydrogen) atoms. The number of anilines is 1. The first-order valence-electron chi connectivity index (χ1n) is 6.44. The predicted molar refractivity (Wildman–Crippen MR) is 74.9 cm³/mol. The van der Waals surface area contributed by atoms with Crippen LogP contribution in [0.25, 0.3) is 0 Å². The molecular formula is C14H18ClN3. The number of hydrogen-bond donors (Lipinski definition) is 2. The summed E-state index contributed by atoms with van der Waals surface area (Å²) in [7, 11) is 0. The fourth-order valence-electron chi connectivity index (χ4n) is 2.31. The molecule has 0 radical (unpaired) electrons. The summed E-state index contributed by atoms with van der Waals surface area (Å²) in [6, 6.07) is 7.54. The molecule has 1 saturated heterocycles. The summed E-state index contributed by atoms with van der Waals surface area (Å²) in [6.45, 7) is 3.25. The summed E-state index contributed by atoms with van der Waals surface area (Å²) in [5.41, 5.74) is 1.52. The van der Waals surface area contributed by atoms with E-state index in [0.29, 0.717) is 10.6 Å². The van der Waals surface area contributed by atoms with Crippen molar-refractivity contribution >= 4 is 17.3 Å². The lowest BCUT2D eigenvalue weighted by molar-refractivity contribution is 0.364. The van der Waals surface area contributed by atoms with E-state index in [9.17, 15) is 0 Å². The van der Waals surface area contributed by atoms with Crippen LogP contribution in [0.3, 0.4) is 0 Å².